The number of nitrogen functional groups attached to an aromatic ring is 1. The molecule has 0 radical (unpaired) electrons. The molecule has 0 saturated heterocycles. The van der Waals surface area contributed by atoms with Crippen molar-refractivity contribution in [2.45, 2.75) is 13.3 Å². The Kier molecular flexibility index (Phi) is 2.79. The van der Waals surface area contributed by atoms with Gasteiger partial charge in [-0.3, -0.25) is 9.59 Å². The first-order valence-corrected chi connectivity index (χ1v) is 6.49. The first-order valence-electron chi connectivity index (χ1n) is 6.49. The van der Waals surface area contributed by atoms with Gasteiger partial charge < -0.3 is 5.73 Å². The number of carbonyl (C=O) groups excluding carboxylic acids is 2. The molecule has 0 saturated carbocycles. The second-order valence-corrected chi connectivity index (χ2v) is 4.74. The Balaban J connectivity index is 2.12. The standard InChI is InChI=1S/C16H14N2O2/c1-2-10-5-3-6-11(9-10)18-15(19)12-7-4-8-13(17)14(12)16(18)20/h3-9H,2,17H2,1H3. The van der Waals surface area contributed by atoms with Crippen molar-refractivity contribution in [2.75, 3.05) is 10.6 Å². The van der Waals surface area contributed by atoms with Gasteiger partial charge in [0.05, 0.1) is 16.8 Å². The van der Waals surface area contributed by atoms with Crippen molar-refractivity contribution in [3.8, 4) is 0 Å². The smallest absolute Gasteiger partial charge is 0.268 e. The van der Waals surface area contributed by atoms with Gasteiger partial charge in [-0.25, -0.2) is 4.90 Å². The molecule has 3 rings (SSSR count). The Bertz CT molecular complexity index is 722. The van der Waals surface area contributed by atoms with E-state index in [4.69, 9.17) is 5.73 Å². The SMILES string of the molecule is CCc1cccc(N2C(=O)c3cccc(N)c3C2=O)c1. The summed E-state index contributed by atoms with van der Waals surface area (Å²) in [5.74, 6) is -0.665. The number of amides is 2. The third-order valence-electron chi connectivity index (χ3n) is 3.52. The molecule has 0 spiro atoms. The average molecular weight is 266 g/mol. The summed E-state index contributed by atoms with van der Waals surface area (Å²) in [5, 5.41) is 0. The van der Waals surface area contributed by atoms with Crippen molar-refractivity contribution >= 4 is 23.2 Å². The fourth-order valence-corrected chi connectivity index (χ4v) is 2.46. The Morgan fingerprint density at radius 1 is 1.05 bits per heavy atom. The van der Waals surface area contributed by atoms with Gasteiger partial charge in [-0.1, -0.05) is 25.1 Å². The van der Waals surface area contributed by atoms with Crippen LogP contribution in [0.2, 0.25) is 0 Å². The van der Waals surface area contributed by atoms with Gasteiger partial charge in [-0.2, -0.15) is 0 Å². The Morgan fingerprint density at radius 3 is 2.50 bits per heavy atom. The number of anilines is 2. The van der Waals surface area contributed by atoms with Crippen molar-refractivity contribution in [3.63, 3.8) is 0 Å². The van der Waals surface area contributed by atoms with Gasteiger partial charge in [-0.15, -0.1) is 0 Å². The number of carbonyl (C=O) groups is 2. The van der Waals surface area contributed by atoms with Crippen LogP contribution in [0.4, 0.5) is 11.4 Å². The molecular formula is C16H14N2O2. The van der Waals surface area contributed by atoms with Gasteiger partial charge in [0.2, 0.25) is 0 Å². The monoisotopic (exact) mass is 266 g/mol. The molecule has 0 aliphatic carbocycles. The zero-order valence-electron chi connectivity index (χ0n) is 11.1. The van der Waals surface area contributed by atoms with Crippen LogP contribution in [-0.4, -0.2) is 11.8 Å². The van der Waals surface area contributed by atoms with E-state index in [1.165, 1.54) is 4.90 Å². The highest BCUT2D eigenvalue weighted by atomic mass is 16.2. The largest absolute Gasteiger partial charge is 0.398 e. The predicted octanol–water partition coefficient (Wildman–Crippen LogP) is 2.63. The van der Waals surface area contributed by atoms with Crippen molar-refractivity contribution in [1.82, 2.24) is 0 Å². The normalized spacial score (nSPS) is 13.8. The maximum atomic E-state index is 12.5. The molecule has 1 aliphatic heterocycles. The van der Waals surface area contributed by atoms with E-state index in [1.807, 2.05) is 25.1 Å². The lowest BCUT2D eigenvalue weighted by Gasteiger charge is -2.14. The average Bonchev–Trinajstić information content (AvgIpc) is 2.72. The maximum Gasteiger partial charge on any atom is 0.268 e. The number of nitrogens with two attached hydrogens (primary N) is 1. The van der Waals surface area contributed by atoms with Gasteiger partial charge >= 0.3 is 0 Å². The fourth-order valence-electron chi connectivity index (χ4n) is 2.46. The number of imide groups is 1. The van der Waals surface area contributed by atoms with E-state index in [2.05, 4.69) is 0 Å². The number of rotatable bonds is 2. The highest BCUT2D eigenvalue weighted by molar-refractivity contribution is 6.35. The summed E-state index contributed by atoms with van der Waals surface area (Å²) in [7, 11) is 0. The molecule has 2 amide bonds. The quantitative estimate of drug-likeness (QED) is 0.671. The summed E-state index contributed by atoms with van der Waals surface area (Å²) in [5.41, 5.74) is 8.51. The second-order valence-electron chi connectivity index (χ2n) is 4.74. The van der Waals surface area contributed by atoms with Crippen molar-refractivity contribution in [3.05, 3.63) is 59.2 Å². The van der Waals surface area contributed by atoms with Crippen molar-refractivity contribution in [1.29, 1.82) is 0 Å². The number of hydrogen-bond acceptors (Lipinski definition) is 3. The van der Waals surface area contributed by atoms with Gasteiger partial charge in [0, 0.05) is 5.69 Å². The van der Waals surface area contributed by atoms with Crippen LogP contribution in [0.25, 0.3) is 0 Å². The summed E-state index contributed by atoms with van der Waals surface area (Å²) >= 11 is 0. The molecule has 1 aliphatic rings. The molecule has 0 unspecified atom stereocenters. The number of hydrogen-bond donors (Lipinski definition) is 1. The molecule has 2 aromatic rings. The summed E-state index contributed by atoms with van der Waals surface area (Å²) in [6.07, 6.45) is 0.846. The highest BCUT2D eigenvalue weighted by Gasteiger charge is 2.37. The molecule has 2 N–H and O–H groups in total. The van der Waals surface area contributed by atoms with Crippen LogP contribution >= 0.6 is 0 Å². The molecule has 2 aromatic carbocycles. The van der Waals surface area contributed by atoms with E-state index in [0.717, 1.165) is 12.0 Å². The minimum atomic E-state index is -0.351. The molecule has 1 heterocycles. The summed E-state index contributed by atoms with van der Waals surface area (Å²) < 4.78 is 0. The van der Waals surface area contributed by atoms with Crippen LogP contribution in [0.15, 0.2) is 42.5 Å². The van der Waals surface area contributed by atoms with E-state index in [-0.39, 0.29) is 11.8 Å². The molecule has 4 nitrogen and oxygen atoms in total. The minimum absolute atomic E-state index is 0.305. The minimum Gasteiger partial charge on any atom is -0.398 e. The second kappa shape index (κ2) is 4.49. The lowest BCUT2D eigenvalue weighted by atomic mass is 10.1. The summed E-state index contributed by atoms with van der Waals surface area (Å²) in [4.78, 5) is 26.1. The zero-order valence-corrected chi connectivity index (χ0v) is 11.1. The van der Waals surface area contributed by atoms with E-state index in [0.29, 0.717) is 22.5 Å². The number of nitrogens with zero attached hydrogens (tertiary/aromatic N) is 1. The summed E-state index contributed by atoms with van der Waals surface area (Å²) in [6, 6.07) is 12.4. The predicted molar refractivity (Wildman–Crippen MR) is 77.8 cm³/mol. The molecule has 100 valence electrons. The zero-order chi connectivity index (χ0) is 14.3. The van der Waals surface area contributed by atoms with E-state index in [1.54, 1.807) is 24.3 Å². The lowest BCUT2D eigenvalue weighted by Crippen LogP contribution is -2.29. The number of fused-ring (bicyclic) bond motifs is 1. The van der Waals surface area contributed by atoms with Crippen LogP contribution < -0.4 is 10.6 Å². The molecule has 0 aromatic heterocycles. The van der Waals surface area contributed by atoms with E-state index >= 15 is 0 Å². The third-order valence-corrected chi connectivity index (χ3v) is 3.52. The molecule has 0 atom stereocenters. The maximum absolute atomic E-state index is 12.5. The first-order chi connectivity index (χ1) is 9.63. The molecule has 20 heavy (non-hydrogen) atoms. The number of benzene rings is 2. The third kappa shape index (κ3) is 1.69. The summed E-state index contributed by atoms with van der Waals surface area (Å²) in [6.45, 7) is 2.03. The van der Waals surface area contributed by atoms with Crippen LogP contribution in [-0.2, 0) is 6.42 Å². The van der Waals surface area contributed by atoms with Crippen molar-refractivity contribution < 1.29 is 9.59 Å². The number of aryl methyl sites for hydroxylation is 1. The first kappa shape index (κ1) is 12.4. The van der Waals surface area contributed by atoms with E-state index in [9.17, 15) is 9.59 Å². The van der Waals surface area contributed by atoms with Crippen LogP contribution in [0, 0.1) is 0 Å². The Labute approximate surface area is 116 Å². The Hall–Kier alpha value is -2.62. The highest BCUT2D eigenvalue weighted by Crippen LogP contribution is 2.31. The fraction of sp³-hybridized carbons (Fsp3) is 0.125. The van der Waals surface area contributed by atoms with Gasteiger partial charge in [0.15, 0.2) is 0 Å². The molecule has 4 heteroatoms. The lowest BCUT2D eigenvalue weighted by molar-refractivity contribution is 0.0926. The van der Waals surface area contributed by atoms with Crippen molar-refractivity contribution in [2.24, 2.45) is 0 Å². The Morgan fingerprint density at radius 2 is 1.80 bits per heavy atom. The molecule has 0 bridgehead atoms. The van der Waals surface area contributed by atoms with Gasteiger partial charge in [-0.05, 0) is 36.2 Å². The topological polar surface area (TPSA) is 63.4 Å². The van der Waals surface area contributed by atoms with Crippen LogP contribution in [0.5, 0.6) is 0 Å². The molecular weight excluding hydrogens is 252 g/mol. The van der Waals surface area contributed by atoms with Crippen LogP contribution in [0.1, 0.15) is 33.2 Å². The van der Waals surface area contributed by atoms with Crippen LogP contribution in [0.3, 0.4) is 0 Å². The van der Waals surface area contributed by atoms with Gasteiger partial charge in [0.1, 0.15) is 0 Å². The van der Waals surface area contributed by atoms with E-state index < -0.39 is 0 Å². The molecule has 0 fully saturated rings. The van der Waals surface area contributed by atoms with Gasteiger partial charge in [0.25, 0.3) is 11.8 Å².